The zero-order valence-electron chi connectivity index (χ0n) is 11.0. The van der Waals surface area contributed by atoms with E-state index in [0.717, 1.165) is 13.0 Å². The molecule has 0 radical (unpaired) electrons. The molecule has 1 aliphatic rings. The quantitative estimate of drug-likeness (QED) is 0.558. The second-order valence-electron chi connectivity index (χ2n) is 5.23. The second-order valence-corrected chi connectivity index (χ2v) is 6.53. The Labute approximate surface area is 114 Å². The van der Waals surface area contributed by atoms with E-state index in [1.807, 2.05) is 0 Å². The molecule has 0 aliphatic heterocycles. The molecule has 0 spiro atoms. The first kappa shape index (κ1) is 15.0. The van der Waals surface area contributed by atoms with E-state index in [4.69, 9.17) is 0 Å². The molecule has 1 fully saturated rings. The van der Waals surface area contributed by atoms with Gasteiger partial charge in [-0.05, 0) is 38.0 Å². The van der Waals surface area contributed by atoms with Crippen molar-refractivity contribution in [2.24, 2.45) is 5.92 Å². The third-order valence-corrected chi connectivity index (χ3v) is 4.54. The molecule has 0 aromatic heterocycles. The summed E-state index contributed by atoms with van der Waals surface area (Å²) in [6, 6.07) is 0. The largest absolute Gasteiger partial charge is 0.356 e. The predicted octanol–water partition coefficient (Wildman–Crippen LogP) is 4.03. The lowest BCUT2D eigenvalue weighted by molar-refractivity contribution is -0.121. The zero-order chi connectivity index (χ0) is 12.5. The molecule has 1 aliphatic carbocycles. The van der Waals surface area contributed by atoms with Crippen molar-refractivity contribution in [3.8, 4) is 0 Å². The number of carbonyl (C=O) groups is 1. The van der Waals surface area contributed by atoms with Gasteiger partial charge < -0.3 is 5.32 Å². The van der Waals surface area contributed by atoms with Crippen molar-refractivity contribution in [1.82, 2.24) is 5.32 Å². The van der Waals surface area contributed by atoms with Crippen molar-refractivity contribution >= 4 is 21.8 Å². The third-order valence-electron chi connectivity index (χ3n) is 3.62. The second kappa shape index (κ2) is 8.96. The van der Waals surface area contributed by atoms with Gasteiger partial charge >= 0.3 is 0 Å². The molecule has 0 aromatic carbocycles. The van der Waals surface area contributed by atoms with Crippen LogP contribution in [0, 0.1) is 5.92 Å². The summed E-state index contributed by atoms with van der Waals surface area (Å²) in [6.07, 6.45) is 10.5. The van der Waals surface area contributed by atoms with Gasteiger partial charge in [0.25, 0.3) is 0 Å². The normalized spacial score (nSPS) is 24.6. The Morgan fingerprint density at radius 3 is 2.53 bits per heavy atom. The van der Waals surface area contributed by atoms with Crippen LogP contribution in [0.15, 0.2) is 0 Å². The van der Waals surface area contributed by atoms with Crippen LogP contribution in [-0.2, 0) is 4.79 Å². The lowest BCUT2D eigenvalue weighted by Gasteiger charge is -2.25. The molecule has 1 N–H and O–H groups in total. The minimum atomic E-state index is 0.252. The van der Waals surface area contributed by atoms with Gasteiger partial charge in [0, 0.05) is 17.8 Å². The summed E-state index contributed by atoms with van der Waals surface area (Å²) in [5, 5.41) is 3.09. The van der Waals surface area contributed by atoms with Gasteiger partial charge in [0.15, 0.2) is 0 Å². The molecular formula is C14H26BrNO. The van der Waals surface area contributed by atoms with Crippen LogP contribution in [-0.4, -0.2) is 17.3 Å². The lowest BCUT2D eigenvalue weighted by atomic mass is 9.89. The highest BCUT2D eigenvalue weighted by atomic mass is 79.9. The lowest BCUT2D eigenvalue weighted by Crippen LogP contribution is -2.31. The average molecular weight is 304 g/mol. The van der Waals surface area contributed by atoms with Crippen LogP contribution in [0.2, 0.25) is 0 Å². The highest BCUT2D eigenvalue weighted by molar-refractivity contribution is 9.09. The van der Waals surface area contributed by atoms with Crippen LogP contribution in [0.3, 0.4) is 0 Å². The first-order valence-corrected chi connectivity index (χ1v) is 8.04. The van der Waals surface area contributed by atoms with Crippen molar-refractivity contribution in [2.45, 2.75) is 69.5 Å². The van der Waals surface area contributed by atoms with Crippen LogP contribution < -0.4 is 5.32 Å². The molecule has 0 unspecified atom stereocenters. The fourth-order valence-corrected chi connectivity index (χ4v) is 2.91. The molecule has 1 rings (SSSR count). The van der Waals surface area contributed by atoms with Gasteiger partial charge in [-0.2, -0.15) is 0 Å². The smallest absolute Gasteiger partial charge is 0.220 e. The van der Waals surface area contributed by atoms with Crippen LogP contribution in [0.5, 0.6) is 0 Å². The Balaban J connectivity index is 1.99. The first-order valence-electron chi connectivity index (χ1n) is 7.13. The monoisotopic (exact) mass is 303 g/mol. The Kier molecular flexibility index (Phi) is 7.91. The molecule has 1 saturated carbocycles. The fourth-order valence-electron chi connectivity index (χ4n) is 2.38. The van der Waals surface area contributed by atoms with Gasteiger partial charge in [0.2, 0.25) is 5.91 Å². The third kappa shape index (κ3) is 7.07. The van der Waals surface area contributed by atoms with Crippen molar-refractivity contribution in [3.63, 3.8) is 0 Å². The maximum Gasteiger partial charge on any atom is 0.220 e. The number of unbranched alkanes of at least 4 members (excludes halogenated alkanes) is 3. The number of hydrogen-bond donors (Lipinski definition) is 1. The molecule has 0 saturated heterocycles. The van der Waals surface area contributed by atoms with E-state index in [1.165, 1.54) is 44.9 Å². The van der Waals surface area contributed by atoms with Gasteiger partial charge in [-0.1, -0.05) is 42.1 Å². The Bertz CT molecular complexity index is 212. The van der Waals surface area contributed by atoms with Gasteiger partial charge in [-0.15, -0.1) is 0 Å². The zero-order valence-corrected chi connectivity index (χ0v) is 12.6. The molecule has 1 amide bonds. The average Bonchev–Trinajstić information content (AvgIpc) is 2.34. The molecule has 17 heavy (non-hydrogen) atoms. The highest BCUT2D eigenvalue weighted by Crippen LogP contribution is 2.28. The Morgan fingerprint density at radius 1 is 1.18 bits per heavy atom. The molecule has 100 valence electrons. The highest BCUT2D eigenvalue weighted by Gasteiger charge is 2.19. The van der Waals surface area contributed by atoms with Crippen molar-refractivity contribution < 1.29 is 4.79 Å². The number of nitrogens with one attached hydrogen (secondary N) is 1. The molecule has 0 atom stereocenters. The summed E-state index contributed by atoms with van der Waals surface area (Å²) in [7, 11) is 0. The topological polar surface area (TPSA) is 29.1 Å². The van der Waals surface area contributed by atoms with Crippen LogP contribution in [0.25, 0.3) is 0 Å². The van der Waals surface area contributed by atoms with Gasteiger partial charge in [0.05, 0.1) is 0 Å². The van der Waals surface area contributed by atoms with E-state index in [2.05, 4.69) is 28.2 Å². The predicted molar refractivity (Wildman–Crippen MR) is 76.4 cm³/mol. The Hall–Kier alpha value is -0.0500. The van der Waals surface area contributed by atoms with E-state index in [0.29, 0.717) is 17.2 Å². The minimum Gasteiger partial charge on any atom is -0.356 e. The molecule has 0 aromatic rings. The molecule has 0 bridgehead atoms. The van der Waals surface area contributed by atoms with Crippen molar-refractivity contribution in [3.05, 3.63) is 0 Å². The summed E-state index contributed by atoms with van der Waals surface area (Å²) < 4.78 is 0. The first-order chi connectivity index (χ1) is 8.22. The van der Waals surface area contributed by atoms with Crippen LogP contribution in [0.4, 0.5) is 0 Å². The van der Waals surface area contributed by atoms with Gasteiger partial charge in [0.1, 0.15) is 0 Å². The summed E-state index contributed by atoms with van der Waals surface area (Å²) in [5.74, 6) is 0.963. The standard InChI is InChI=1S/C14H26BrNO/c1-2-3-4-5-6-14(17)16-11-12-7-9-13(15)10-8-12/h12-13H,2-11H2,1H3,(H,16,17). The van der Waals surface area contributed by atoms with E-state index in [1.54, 1.807) is 0 Å². The SMILES string of the molecule is CCCCCCC(=O)NCC1CCC(Br)CC1. The summed E-state index contributed by atoms with van der Waals surface area (Å²) >= 11 is 3.66. The Morgan fingerprint density at radius 2 is 1.88 bits per heavy atom. The summed E-state index contributed by atoms with van der Waals surface area (Å²) in [5.41, 5.74) is 0. The summed E-state index contributed by atoms with van der Waals surface area (Å²) in [6.45, 7) is 3.09. The number of halogens is 1. The molecule has 3 heteroatoms. The van der Waals surface area contributed by atoms with Crippen molar-refractivity contribution in [1.29, 1.82) is 0 Å². The van der Waals surface area contributed by atoms with E-state index in [9.17, 15) is 4.79 Å². The molecule has 2 nitrogen and oxygen atoms in total. The summed E-state index contributed by atoms with van der Waals surface area (Å²) in [4.78, 5) is 12.3. The van der Waals surface area contributed by atoms with E-state index in [-0.39, 0.29) is 5.91 Å². The van der Waals surface area contributed by atoms with E-state index < -0.39 is 0 Å². The molecule has 0 heterocycles. The minimum absolute atomic E-state index is 0.252. The fraction of sp³-hybridized carbons (Fsp3) is 0.929. The van der Waals surface area contributed by atoms with Gasteiger partial charge in [-0.3, -0.25) is 4.79 Å². The van der Waals surface area contributed by atoms with Gasteiger partial charge in [-0.25, -0.2) is 0 Å². The number of rotatable bonds is 7. The number of amides is 1. The number of carbonyl (C=O) groups excluding carboxylic acids is 1. The van der Waals surface area contributed by atoms with Crippen LogP contribution in [0.1, 0.15) is 64.7 Å². The molecular weight excluding hydrogens is 278 g/mol. The maximum absolute atomic E-state index is 11.6. The number of hydrogen-bond acceptors (Lipinski definition) is 1. The maximum atomic E-state index is 11.6. The number of alkyl halides is 1. The van der Waals surface area contributed by atoms with E-state index >= 15 is 0 Å². The van der Waals surface area contributed by atoms with Crippen molar-refractivity contribution in [2.75, 3.05) is 6.54 Å². The van der Waals surface area contributed by atoms with Crippen LogP contribution >= 0.6 is 15.9 Å².